The Morgan fingerprint density at radius 1 is 1.08 bits per heavy atom. The first kappa shape index (κ1) is 26.0. The molecule has 0 saturated carbocycles. The molecule has 5 aromatic rings. The van der Waals surface area contributed by atoms with Crippen LogP contribution in [0.25, 0.3) is 31.8 Å². The molecule has 0 fully saturated rings. The number of aryl methyl sites for hydroxylation is 1. The Kier molecular flexibility index (Phi) is 6.87. The molecule has 0 aliphatic rings. The van der Waals surface area contributed by atoms with E-state index in [9.17, 15) is 15.0 Å². The number of carbonyl (C=O) groups is 1. The van der Waals surface area contributed by atoms with Gasteiger partial charge >= 0.3 is 6.09 Å². The van der Waals surface area contributed by atoms with Crippen molar-refractivity contribution in [3.63, 3.8) is 0 Å². The van der Waals surface area contributed by atoms with Crippen molar-refractivity contribution in [2.24, 2.45) is 0 Å². The van der Waals surface area contributed by atoms with Crippen molar-refractivity contribution >= 4 is 44.4 Å². The van der Waals surface area contributed by atoms with Gasteiger partial charge in [-0.2, -0.15) is 0 Å². The Labute approximate surface area is 226 Å². The first-order valence-electron chi connectivity index (χ1n) is 11.9. The number of aromatic hydroxyl groups is 1. The molecule has 2 aromatic carbocycles. The lowest BCUT2D eigenvalue weighted by atomic mass is 10.1. The number of methoxy groups -OCH3 is 1. The smallest absolute Gasteiger partial charge is 0.412 e. The quantitative estimate of drug-likeness (QED) is 0.258. The molecule has 200 valence electrons. The standard InChI is InChI=1S/C27H24FN5O5S/c1-13-5-18(25-21(6-13)31-24(37-4)12-30-25)26-32-20-8-19(28)22(9-23(20)39-26)38-15(3)14(2)33(27(35)36)16-7-17(34)11-29-10-16/h5-12,14-15,34H,1-4H3,(H,35,36). The van der Waals surface area contributed by atoms with Crippen LogP contribution in [-0.4, -0.2) is 55.5 Å². The maximum atomic E-state index is 15.1. The predicted molar refractivity (Wildman–Crippen MR) is 145 cm³/mol. The van der Waals surface area contributed by atoms with Crippen LogP contribution in [0.2, 0.25) is 0 Å². The average Bonchev–Trinajstić information content (AvgIpc) is 3.30. The number of fused-ring (bicyclic) bond motifs is 2. The zero-order valence-electron chi connectivity index (χ0n) is 21.4. The van der Waals surface area contributed by atoms with Crippen molar-refractivity contribution in [1.29, 1.82) is 0 Å². The lowest BCUT2D eigenvalue weighted by Gasteiger charge is -2.31. The molecule has 0 bridgehead atoms. The van der Waals surface area contributed by atoms with Gasteiger partial charge in [0.25, 0.3) is 0 Å². The van der Waals surface area contributed by atoms with Gasteiger partial charge in [0.15, 0.2) is 11.6 Å². The SMILES string of the molecule is COc1cnc2c(-c3nc4cc(F)c(OC(C)C(C)N(C(=O)O)c5cncc(O)c5)cc4s3)cc(C)cc2n1. The highest BCUT2D eigenvalue weighted by Gasteiger charge is 2.29. The number of amides is 1. The van der Waals surface area contributed by atoms with Crippen LogP contribution in [-0.2, 0) is 0 Å². The summed E-state index contributed by atoms with van der Waals surface area (Å²) >= 11 is 1.35. The number of hydrogen-bond acceptors (Lipinski definition) is 9. The van der Waals surface area contributed by atoms with Crippen molar-refractivity contribution in [2.45, 2.75) is 32.9 Å². The van der Waals surface area contributed by atoms with Crippen LogP contribution in [0.5, 0.6) is 17.4 Å². The molecule has 3 aromatic heterocycles. The number of anilines is 1. The molecule has 0 saturated heterocycles. The van der Waals surface area contributed by atoms with Crippen LogP contribution in [0.4, 0.5) is 14.9 Å². The molecule has 3 heterocycles. The summed E-state index contributed by atoms with van der Waals surface area (Å²) in [4.78, 5) is 30.5. The van der Waals surface area contributed by atoms with Crippen molar-refractivity contribution in [1.82, 2.24) is 19.9 Å². The lowest BCUT2D eigenvalue weighted by Crippen LogP contribution is -2.46. The van der Waals surface area contributed by atoms with E-state index >= 15 is 4.39 Å². The van der Waals surface area contributed by atoms with Gasteiger partial charge in [-0.25, -0.2) is 24.1 Å². The Morgan fingerprint density at radius 2 is 1.87 bits per heavy atom. The van der Waals surface area contributed by atoms with Crippen LogP contribution >= 0.6 is 11.3 Å². The number of aromatic nitrogens is 4. The van der Waals surface area contributed by atoms with E-state index in [0.29, 0.717) is 32.1 Å². The average molecular weight is 550 g/mol. The largest absolute Gasteiger partial charge is 0.506 e. The molecule has 2 atom stereocenters. The Bertz CT molecular complexity index is 1710. The van der Waals surface area contributed by atoms with Gasteiger partial charge in [0.05, 0.1) is 58.7 Å². The third-order valence-electron chi connectivity index (χ3n) is 6.24. The second-order valence-corrected chi connectivity index (χ2v) is 10.0. The zero-order valence-corrected chi connectivity index (χ0v) is 22.2. The van der Waals surface area contributed by atoms with E-state index in [1.807, 2.05) is 19.1 Å². The minimum Gasteiger partial charge on any atom is -0.506 e. The molecule has 2 N–H and O–H groups in total. The number of benzene rings is 2. The van der Waals surface area contributed by atoms with Gasteiger partial charge in [-0.05, 0) is 38.5 Å². The van der Waals surface area contributed by atoms with Gasteiger partial charge < -0.3 is 19.7 Å². The van der Waals surface area contributed by atoms with Gasteiger partial charge in [0.2, 0.25) is 5.88 Å². The number of carboxylic acid groups (broad SMARTS) is 1. The van der Waals surface area contributed by atoms with Crippen LogP contribution in [0.15, 0.2) is 48.9 Å². The minimum absolute atomic E-state index is 0.0324. The highest BCUT2D eigenvalue weighted by molar-refractivity contribution is 7.21. The van der Waals surface area contributed by atoms with Crippen LogP contribution in [0.1, 0.15) is 19.4 Å². The first-order chi connectivity index (χ1) is 18.6. The van der Waals surface area contributed by atoms with Crippen molar-refractivity contribution < 1.29 is 28.9 Å². The topological polar surface area (TPSA) is 131 Å². The predicted octanol–water partition coefficient (Wildman–Crippen LogP) is 5.80. The van der Waals surface area contributed by atoms with E-state index in [1.54, 1.807) is 19.9 Å². The molecule has 0 radical (unpaired) electrons. The molecule has 12 heteroatoms. The summed E-state index contributed by atoms with van der Waals surface area (Å²) in [6.07, 6.45) is 2.03. The number of ether oxygens (including phenoxy) is 2. The van der Waals surface area contributed by atoms with Gasteiger partial charge in [-0.1, -0.05) is 0 Å². The number of pyridine rings is 1. The molecule has 39 heavy (non-hydrogen) atoms. The summed E-state index contributed by atoms with van der Waals surface area (Å²) in [5.74, 6) is -0.436. The molecular weight excluding hydrogens is 525 g/mol. The van der Waals surface area contributed by atoms with E-state index in [2.05, 4.69) is 19.9 Å². The van der Waals surface area contributed by atoms with E-state index in [-0.39, 0.29) is 17.2 Å². The number of rotatable bonds is 7. The zero-order chi connectivity index (χ0) is 27.8. The van der Waals surface area contributed by atoms with Crippen molar-refractivity contribution in [3.05, 3.63) is 60.3 Å². The minimum atomic E-state index is -1.26. The number of halogens is 1. The van der Waals surface area contributed by atoms with Crippen LogP contribution in [0, 0.1) is 12.7 Å². The Morgan fingerprint density at radius 3 is 2.59 bits per heavy atom. The number of nitrogens with zero attached hydrogens (tertiary/aromatic N) is 5. The van der Waals surface area contributed by atoms with Gasteiger partial charge in [0.1, 0.15) is 16.9 Å². The molecule has 2 unspecified atom stereocenters. The molecule has 5 rings (SSSR count). The van der Waals surface area contributed by atoms with Crippen LogP contribution in [0.3, 0.4) is 0 Å². The Balaban J connectivity index is 1.47. The summed E-state index contributed by atoms with van der Waals surface area (Å²) in [6.45, 7) is 5.21. The number of hydrogen-bond donors (Lipinski definition) is 2. The van der Waals surface area contributed by atoms with E-state index in [1.165, 1.54) is 49.2 Å². The fourth-order valence-corrected chi connectivity index (χ4v) is 5.21. The fraction of sp³-hybridized carbons (Fsp3) is 0.222. The molecule has 1 amide bonds. The normalized spacial score (nSPS) is 12.8. The third-order valence-corrected chi connectivity index (χ3v) is 7.30. The highest BCUT2D eigenvalue weighted by Crippen LogP contribution is 2.37. The monoisotopic (exact) mass is 549 g/mol. The molecule has 0 spiro atoms. The van der Waals surface area contributed by atoms with Gasteiger partial charge in [-0.15, -0.1) is 11.3 Å². The van der Waals surface area contributed by atoms with E-state index in [0.717, 1.165) is 16.0 Å². The molecular formula is C27H24FN5O5S. The van der Waals surface area contributed by atoms with Crippen molar-refractivity contribution in [2.75, 3.05) is 12.0 Å². The summed E-state index contributed by atoms with van der Waals surface area (Å²) in [5, 5.41) is 20.2. The van der Waals surface area contributed by atoms with Gasteiger partial charge in [-0.3, -0.25) is 9.88 Å². The maximum absolute atomic E-state index is 15.1. The number of thiazole rings is 1. The van der Waals surface area contributed by atoms with E-state index < -0.39 is 24.1 Å². The lowest BCUT2D eigenvalue weighted by molar-refractivity contribution is 0.167. The summed E-state index contributed by atoms with van der Waals surface area (Å²) in [7, 11) is 1.53. The molecule has 0 aliphatic heterocycles. The first-order valence-corrected chi connectivity index (χ1v) is 12.7. The molecule has 10 nitrogen and oxygen atoms in total. The van der Waals surface area contributed by atoms with Crippen LogP contribution < -0.4 is 14.4 Å². The highest BCUT2D eigenvalue weighted by atomic mass is 32.1. The maximum Gasteiger partial charge on any atom is 0.412 e. The summed E-state index contributed by atoms with van der Waals surface area (Å²) in [5.41, 5.74) is 3.65. The molecule has 0 aliphatic carbocycles. The van der Waals surface area contributed by atoms with Gasteiger partial charge in [0, 0.05) is 23.8 Å². The third kappa shape index (κ3) is 5.10. The van der Waals surface area contributed by atoms with E-state index in [4.69, 9.17) is 9.47 Å². The fourth-order valence-electron chi connectivity index (χ4n) is 4.22. The Hall–Kier alpha value is -4.58. The summed E-state index contributed by atoms with van der Waals surface area (Å²) in [6, 6.07) is 7.25. The van der Waals surface area contributed by atoms with Crippen molar-refractivity contribution in [3.8, 4) is 28.0 Å². The summed E-state index contributed by atoms with van der Waals surface area (Å²) < 4.78 is 26.9. The second-order valence-electron chi connectivity index (χ2n) is 8.98. The second kappa shape index (κ2) is 10.3.